The van der Waals surface area contributed by atoms with Crippen LogP contribution in [0.1, 0.15) is 31.4 Å². The van der Waals surface area contributed by atoms with E-state index < -0.39 is 0 Å². The smallest absolute Gasteiger partial charge is 0.225 e. The molecule has 0 spiro atoms. The number of hydrogen-bond donors (Lipinski definition) is 1. The third-order valence-electron chi connectivity index (χ3n) is 3.16. The van der Waals surface area contributed by atoms with E-state index in [4.69, 9.17) is 5.73 Å². The van der Waals surface area contributed by atoms with E-state index in [0.717, 1.165) is 37.6 Å². The molecule has 4 heteroatoms. The molecule has 2 rings (SSSR count). The van der Waals surface area contributed by atoms with Gasteiger partial charge >= 0.3 is 0 Å². The molecule has 16 heavy (non-hydrogen) atoms. The van der Waals surface area contributed by atoms with Gasteiger partial charge in [0.2, 0.25) is 5.95 Å². The molecule has 1 aliphatic heterocycles. The van der Waals surface area contributed by atoms with Crippen LogP contribution in [0.3, 0.4) is 0 Å². The van der Waals surface area contributed by atoms with E-state index in [-0.39, 0.29) is 0 Å². The Morgan fingerprint density at radius 2 is 2.44 bits per heavy atom. The molecule has 0 saturated carbocycles. The summed E-state index contributed by atoms with van der Waals surface area (Å²) >= 11 is 0. The molecular formula is C12H20N4. The predicted octanol–water partition coefficient (Wildman–Crippen LogP) is 1.49. The Bertz CT molecular complexity index is 340. The van der Waals surface area contributed by atoms with Gasteiger partial charge in [0.15, 0.2) is 0 Å². The Kier molecular flexibility index (Phi) is 3.72. The van der Waals surface area contributed by atoms with Crippen LogP contribution in [0.4, 0.5) is 5.95 Å². The van der Waals surface area contributed by atoms with Gasteiger partial charge in [0.25, 0.3) is 0 Å². The van der Waals surface area contributed by atoms with Gasteiger partial charge in [0.1, 0.15) is 0 Å². The molecule has 0 amide bonds. The van der Waals surface area contributed by atoms with Crippen LogP contribution in [0.2, 0.25) is 0 Å². The van der Waals surface area contributed by atoms with Crippen molar-refractivity contribution in [2.45, 2.75) is 38.6 Å². The highest BCUT2D eigenvalue weighted by Crippen LogP contribution is 2.25. The first-order valence-corrected chi connectivity index (χ1v) is 6.07. The first-order chi connectivity index (χ1) is 7.81. The molecule has 2 heterocycles. The lowest BCUT2D eigenvalue weighted by Gasteiger charge is -2.24. The molecule has 4 nitrogen and oxygen atoms in total. The van der Waals surface area contributed by atoms with Gasteiger partial charge in [0.05, 0.1) is 0 Å². The van der Waals surface area contributed by atoms with Gasteiger partial charge in [0, 0.05) is 24.5 Å². The van der Waals surface area contributed by atoms with Crippen LogP contribution in [0.15, 0.2) is 12.3 Å². The molecule has 1 unspecified atom stereocenters. The van der Waals surface area contributed by atoms with E-state index in [1.807, 2.05) is 19.2 Å². The Morgan fingerprint density at radius 1 is 1.56 bits per heavy atom. The molecule has 1 fully saturated rings. The molecule has 1 atom stereocenters. The van der Waals surface area contributed by atoms with Crippen LogP contribution in [0, 0.1) is 6.92 Å². The SMILES string of the molecule is Cc1ccnc(N2CCCC2CCCN)n1. The summed E-state index contributed by atoms with van der Waals surface area (Å²) in [4.78, 5) is 11.2. The maximum absolute atomic E-state index is 5.57. The summed E-state index contributed by atoms with van der Waals surface area (Å²) < 4.78 is 0. The Hall–Kier alpha value is -1.16. The molecule has 0 aromatic carbocycles. The summed E-state index contributed by atoms with van der Waals surface area (Å²) in [6.07, 6.45) is 6.58. The maximum atomic E-state index is 5.57. The number of nitrogens with two attached hydrogens (primary N) is 1. The highest BCUT2D eigenvalue weighted by atomic mass is 15.3. The minimum atomic E-state index is 0.588. The third-order valence-corrected chi connectivity index (χ3v) is 3.16. The molecule has 1 aromatic heterocycles. The largest absolute Gasteiger partial charge is 0.338 e. The second-order valence-corrected chi connectivity index (χ2v) is 4.42. The van der Waals surface area contributed by atoms with Crippen LogP contribution < -0.4 is 10.6 Å². The van der Waals surface area contributed by atoms with Crippen LogP contribution in [0.25, 0.3) is 0 Å². The van der Waals surface area contributed by atoms with Crippen LogP contribution in [-0.2, 0) is 0 Å². The fourth-order valence-electron chi connectivity index (χ4n) is 2.33. The molecule has 1 aliphatic rings. The predicted molar refractivity (Wildman–Crippen MR) is 65.4 cm³/mol. The lowest BCUT2D eigenvalue weighted by atomic mass is 10.1. The topological polar surface area (TPSA) is 55.0 Å². The zero-order valence-electron chi connectivity index (χ0n) is 9.89. The van der Waals surface area contributed by atoms with Gasteiger partial charge in [-0.1, -0.05) is 0 Å². The van der Waals surface area contributed by atoms with Crippen LogP contribution in [0.5, 0.6) is 0 Å². The average molecular weight is 220 g/mol. The summed E-state index contributed by atoms with van der Waals surface area (Å²) in [5.74, 6) is 0.888. The second kappa shape index (κ2) is 5.25. The summed E-state index contributed by atoms with van der Waals surface area (Å²) in [6.45, 7) is 3.87. The third kappa shape index (κ3) is 2.50. The summed E-state index contributed by atoms with van der Waals surface area (Å²) in [6, 6.07) is 2.53. The van der Waals surface area contributed by atoms with Crippen molar-refractivity contribution in [1.82, 2.24) is 9.97 Å². The molecule has 0 bridgehead atoms. The zero-order valence-corrected chi connectivity index (χ0v) is 9.89. The van der Waals surface area contributed by atoms with Gasteiger partial charge in [-0.3, -0.25) is 0 Å². The molecule has 0 aliphatic carbocycles. The van der Waals surface area contributed by atoms with Crippen molar-refractivity contribution in [2.75, 3.05) is 18.0 Å². The first-order valence-electron chi connectivity index (χ1n) is 6.07. The van der Waals surface area contributed by atoms with Crippen LogP contribution in [-0.4, -0.2) is 29.1 Å². The maximum Gasteiger partial charge on any atom is 0.225 e. The summed E-state index contributed by atoms with van der Waals surface area (Å²) in [5.41, 5.74) is 6.60. The van der Waals surface area contributed by atoms with E-state index in [1.54, 1.807) is 0 Å². The van der Waals surface area contributed by atoms with Crippen LogP contribution >= 0.6 is 0 Å². The lowest BCUT2D eigenvalue weighted by molar-refractivity contribution is 0.578. The minimum Gasteiger partial charge on any atom is -0.338 e. The van der Waals surface area contributed by atoms with Crippen molar-refractivity contribution in [2.24, 2.45) is 5.73 Å². The average Bonchev–Trinajstić information content (AvgIpc) is 2.74. The van der Waals surface area contributed by atoms with Crippen molar-refractivity contribution in [3.63, 3.8) is 0 Å². The summed E-state index contributed by atoms with van der Waals surface area (Å²) in [7, 11) is 0. The van der Waals surface area contributed by atoms with E-state index in [2.05, 4.69) is 14.9 Å². The number of nitrogens with zero attached hydrogens (tertiary/aromatic N) is 3. The monoisotopic (exact) mass is 220 g/mol. The van der Waals surface area contributed by atoms with Gasteiger partial charge in [-0.15, -0.1) is 0 Å². The number of rotatable bonds is 4. The summed E-state index contributed by atoms with van der Waals surface area (Å²) in [5, 5.41) is 0. The number of anilines is 1. The Morgan fingerprint density at radius 3 is 3.19 bits per heavy atom. The quantitative estimate of drug-likeness (QED) is 0.835. The standard InChI is InChI=1S/C12H20N4/c1-10-6-8-14-12(15-10)16-9-3-5-11(16)4-2-7-13/h6,8,11H,2-5,7,9,13H2,1H3. The molecule has 1 aromatic rings. The molecule has 1 saturated heterocycles. The van der Waals surface area contributed by atoms with Gasteiger partial charge in [-0.25, -0.2) is 9.97 Å². The second-order valence-electron chi connectivity index (χ2n) is 4.42. The van der Waals surface area contributed by atoms with Crippen molar-refractivity contribution in [1.29, 1.82) is 0 Å². The van der Waals surface area contributed by atoms with Gasteiger partial charge in [-0.05, 0) is 45.2 Å². The fraction of sp³-hybridized carbons (Fsp3) is 0.667. The molecule has 88 valence electrons. The number of hydrogen-bond acceptors (Lipinski definition) is 4. The zero-order chi connectivity index (χ0) is 11.4. The van der Waals surface area contributed by atoms with E-state index in [1.165, 1.54) is 12.8 Å². The minimum absolute atomic E-state index is 0.588. The van der Waals surface area contributed by atoms with Crippen molar-refractivity contribution in [3.05, 3.63) is 18.0 Å². The molecule has 2 N–H and O–H groups in total. The normalized spacial score (nSPS) is 20.4. The number of aromatic nitrogens is 2. The fourth-order valence-corrected chi connectivity index (χ4v) is 2.33. The van der Waals surface area contributed by atoms with Crippen molar-refractivity contribution < 1.29 is 0 Å². The van der Waals surface area contributed by atoms with E-state index in [0.29, 0.717) is 6.04 Å². The van der Waals surface area contributed by atoms with Gasteiger partial charge in [-0.2, -0.15) is 0 Å². The molecular weight excluding hydrogens is 200 g/mol. The Labute approximate surface area is 96.9 Å². The van der Waals surface area contributed by atoms with E-state index >= 15 is 0 Å². The lowest BCUT2D eigenvalue weighted by Crippen LogP contribution is -2.31. The van der Waals surface area contributed by atoms with E-state index in [9.17, 15) is 0 Å². The highest BCUT2D eigenvalue weighted by Gasteiger charge is 2.25. The van der Waals surface area contributed by atoms with Crippen molar-refractivity contribution >= 4 is 5.95 Å². The highest BCUT2D eigenvalue weighted by molar-refractivity contribution is 5.33. The first kappa shape index (κ1) is 11.3. The number of aryl methyl sites for hydroxylation is 1. The van der Waals surface area contributed by atoms with Crippen molar-refractivity contribution in [3.8, 4) is 0 Å². The molecule has 0 radical (unpaired) electrons. The Balaban J connectivity index is 2.07. The van der Waals surface area contributed by atoms with Gasteiger partial charge < -0.3 is 10.6 Å².